The third kappa shape index (κ3) is 5.86. The summed E-state index contributed by atoms with van der Waals surface area (Å²) in [5.41, 5.74) is 3.71. The van der Waals surface area contributed by atoms with Crippen molar-refractivity contribution >= 4 is 52.4 Å². The maximum Gasteiger partial charge on any atom is 0.272 e. The van der Waals surface area contributed by atoms with E-state index < -0.39 is 0 Å². The number of halogens is 3. The SMILES string of the molecule is C/C(=C\c1ccc(Cl)cc1)c1cc(C(=O)N[C@H](C)C2CCCCC2)nn1-c1ccc(Cl)cc1Cl. The van der Waals surface area contributed by atoms with E-state index in [1.165, 1.54) is 19.3 Å². The standard InChI is InChI=1S/C27H28Cl3N3O/c1-17(14-19-8-10-21(28)11-9-19)26-16-24(27(34)31-18(2)20-6-4-3-5-7-20)32-33(26)25-13-12-22(29)15-23(25)30/h8-16,18,20H,3-7H2,1-2H3,(H,31,34)/b17-14+/t18-/m1/s1. The monoisotopic (exact) mass is 515 g/mol. The molecule has 0 aliphatic heterocycles. The molecule has 1 aliphatic carbocycles. The summed E-state index contributed by atoms with van der Waals surface area (Å²) < 4.78 is 1.71. The molecule has 1 saturated carbocycles. The minimum absolute atomic E-state index is 0.103. The molecule has 4 nitrogen and oxygen atoms in total. The Morgan fingerprint density at radius 3 is 2.38 bits per heavy atom. The van der Waals surface area contributed by atoms with Gasteiger partial charge in [0.2, 0.25) is 0 Å². The summed E-state index contributed by atoms with van der Waals surface area (Å²) in [5.74, 6) is 0.332. The van der Waals surface area contributed by atoms with Crippen LogP contribution in [0.1, 0.15) is 67.7 Å². The van der Waals surface area contributed by atoms with Crippen molar-refractivity contribution in [2.24, 2.45) is 5.92 Å². The molecule has 1 N–H and O–H groups in total. The molecule has 2 aromatic carbocycles. The van der Waals surface area contributed by atoms with E-state index in [1.54, 1.807) is 16.8 Å². The highest BCUT2D eigenvalue weighted by Gasteiger charge is 2.24. The average molecular weight is 517 g/mol. The first-order valence-corrected chi connectivity index (χ1v) is 12.8. The van der Waals surface area contributed by atoms with Crippen LogP contribution in [0.5, 0.6) is 0 Å². The van der Waals surface area contributed by atoms with Crippen molar-refractivity contribution in [2.75, 3.05) is 0 Å². The molecule has 3 aromatic rings. The molecule has 0 bridgehead atoms. The van der Waals surface area contributed by atoms with Crippen LogP contribution in [0.4, 0.5) is 0 Å². The summed E-state index contributed by atoms with van der Waals surface area (Å²) in [6, 6.07) is 14.7. The van der Waals surface area contributed by atoms with Gasteiger partial charge in [0.25, 0.3) is 5.91 Å². The zero-order chi connectivity index (χ0) is 24.2. The van der Waals surface area contributed by atoms with Crippen LogP contribution in [-0.4, -0.2) is 21.7 Å². The van der Waals surface area contributed by atoms with Gasteiger partial charge in [0.15, 0.2) is 5.69 Å². The van der Waals surface area contributed by atoms with Crippen LogP contribution in [0.2, 0.25) is 15.1 Å². The van der Waals surface area contributed by atoms with Gasteiger partial charge in [-0.1, -0.05) is 66.2 Å². The number of nitrogens with one attached hydrogen (secondary N) is 1. The van der Waals surface area contributed by atoms with Crippen LogP contribution in [0.3, 0.4) is 0 Å². The topological polar surface area (TPSA) is 46.9 Å². The molecule has 34 heavy (non-hydrogen) atoms. The van der Waals surface area contributed by atoms with Gasteiger partial charge in [0.1, 0.15) is 0 Å². The molecular formula is C27H28Cl3N3O. The number of amides is 1. The van der Waals surface area contributed by atoms with Crippen molar-refractivity contribution in [3.05, 3.63) is 80.6 Å². The minimum Gasteiger partial charge on any atom is -0.348 e. The van der Waals surface area contributed by atoms with Crippen molar-refractivity contribution in [1.82, 2.24) is 15.1 Å². The van der Waals surface area contributed by atoms with Crippen molar-refractivity contribution in [2.45, 2.75) is 52.0 Å². The molecule has 0 spiro atoms. The molecule has 1 aliphatic rings. The predicted molar refractivity (Wildman–Crippen MR) is 142 cm³/mol. The molecule has 7 heteroatoms. The summed E-state index contributed by atoms with van der Waals surface area (Å²) in [6.07, 6.45) is 8.09. The van der Waals surface area contributed by atoms with E-state index in [0.717, 1.165) is 29.7 Å². The number of nitrogens with zero attached hydrogens (tertiary/aromatic N) is 2. The lowest BCUT2D eigenvalue weighted by Crippen LogP contribution is -2.39. The second-order valence-electron chi connectivity index (χ2n) is 8.96. The number of benzene rings is 2. The van der Waals surface area contributed by atoms with Crippen molar-refractivity contribution < 1.29 is 4.79 Å². The number of hydrogen-bond donors (Lipinski definition) is 1. The van der Waals surface area contributed by atoms with Crippen LogP contribution >= 0.6 is 34.8 Å². The summed E-state index contributed by atoms with van der Waals surface area (Å²) >= 11 is 18.7. The van der Waals surface area contributed by atoms with Gasteiger partial charge >= 0.3 is 0 Å². The van der Waals surface area contributed by atoms with E-state index in [0.29, 0.717) is 32.4 Å². The first-order valence-electron chi connectivity index (χ1n) is 11.6. The van der Waals surface area contributed by atoms with E-state index in [2.05, 4.69) is 17.3 Å². The largest absolute Gasteiger partial charge is 0.348 e. The second kappa shape index (κ2) is 11.0. The average Bonchev–Trinajstić information content (AvgIpc) is 3.26. The Morgan fingerprint density at radius 2 is 1.71 bits per heavy atom. The van der Waals surface area contributed by atoms with Crippen LogP contribution in [0.15, 0.2) is 48.5 Å². The van der Waals surface area contributed by atoms with E-state index in [1.807, 2.05) is 49.4 Å². The Kier molecular flexibility index (Phi) is 8.02. The fraction of sp³-hybridized carbons (Fsp3) is 0.333. The number of rotatable bonds is 6. The van der Waals surface area contributed by atoms with Gasteiger partial charge in [-0.25, -0.2) is 4.68 Å². The fourth-order valence-electron chi connectivity index (χ4n) is 4.53. The minimum atomic E-state index is -0.178. The van der Waals surface area contributed by atoms with E-state index in [4.69, 9.17) is 34.8 Å². The third-order valence-electron chi connectivity index (χ3n) is 6.45. The fourth-order valence-corrected chi connectivity index (χ4v) is 5.14. The lowest BCUT2D eigenvalue weighted by Gasteiger charge is -2.28. The Balaban J connectivity index is 1.69. The molecule has 1 amide bonds. The molecule has 4 rings (SSSR count). The van der Waals surface area contributed by atoms with Crippen molar-refractivity contribution in [1.29, 1.82) is 0 Å². The molecule has 0 unspecified atom stereocenters. The zero-order valence-corrected chi connectivity index (χ0v) is 21.6. The lowest BCUT2D eigenvalue weighted by molar-refractivity contribution is 0.0913. The normalized spacial score (nSPS) is 15.9. The van der Waals surface area contributed by atoms with Crippen LogP contribution in [-0.2, 0) is 0 Å². The maximum absolute atomic E-state index is 13.2. The van der Waals surface area contributed by atoms with Crippen molar-refractivity contribution in [3.8, 4) is 5.69 Å². The van der Waals surface area contributed by atoms with Gasteiger partial charge in [-0.15, -0.1) is 0 Å². The van der Waals surface area contributed by atoms with E-state index >= 15 is 0 Å². The molecule has 1 fully saturated rings. The van der Waals surface area contributed by atoms with Gasteiger partial charge in [0.05, 0.1) is 16.4 Å². The number of carbonyl (C=O) groups excluding carboxylic acids is 1. The van der Waals surface area contributed by atoms with Gasteiger partial charge in [-0.3, -0.25) is 4.79 Å². The molecular weight excluding hydrogens is 489 g/mol. The number of hydrogen-bond acceptors (Lipinski definition) is 2. The van der Waals surface area contributed by atoms with Crippen LogP contribution in [0, 0.1) is 5.92 Å². The Hall–Kier alpha value is -2.27. The lowest BCUT2D eigenvalue weighted by atomic mass is 9.84. The van der Waals surface area contributed by atoms with Gasteiger partial charge in [-0.2, -0.15) is 5.10 Å². The number of allylic oxidation sites excluding steroid dienone is 1. The molecule has 0 saturated heterocycles. The summed E-state index contributed by atoms with van der Waals surface area (Å²) in [5, 5.41) is 9.51. The van der Waals surface area contributed by atoms with Gasteiger partial charge < -0.3 is 5.32 Å². The highest BCUT2D eigenvalue weighted by atomic mass is 35.5. The predicted octanol–water partition coefficient (Wildman–Crippen LogP) is 8.09. The summed E-state index contributed by atoms with van der Waals surface area (Å²) in [4.78, 5) is 13.2. The Bertz CT molecular complexity index is 1190. The van der Waals surface area contributed by atoms with Crippen LogP contribution in [0.25, 0.3) is 17.3 Å². The Morgan fingerprint density at radius 1 is 1.03 bits per heavy atom. The first kappa shape index (κ1) is 24.8. The third-order valence-corrected chi connectivity index (χ3v) is 7.24. The molecule has 0 radical (unpaired) electrons. The van der Waals surface area contributed by atoms with Gasteiger partial charge in [0, 0.05) is 16.1 Å². The summed E-state index contributed by atoms with van der Waals surface area (Å²) in [6.45, 7) is 4.08. The first-order chi connectivity index (χ1) is 16.3. The van der Waals surface area contributed by atoms with Crippen molar-refractivity contribution in [3.63, 3.8) is 0 Å². The maximum atomic E-state index is 13.2. The van der Waals surface area contributed by atoms with Crippen LogP contribution < -0.4 is 5.32 Å². The highest BCUT2D eigenvalue weighted by molar-refractivity contribution is 6.35. The molecule has 1 atom stereocenters. The van der Waals surface area contributed by atoms with E-state index in [9.17, 15) is 4.79 Å². The molecule has 178 valence electrons. The number of carbonyl (C=O) groups is 1. The second-order valence-corrected chi connectivity index (χ2v) is 10.2. The summed E-state index contributed by atoms with van der Waals surface area (Å²) in [7, 11) is 0. The molecule has 1 aromatic heterocycles. The number of aromatic nitrogens is 2. The molecule has 1 heterocycles. The zero-order valence-electron chi connectivity index (χ0n) is 19.3. The Labute approximate surface area is 215 Å². The quantitative estimate of drug-likeness (QED) is 0.360. The van der Waals surface area contributed by atoms with E-state index in [-0.39, 0.29) is 11.9 Å². The van der Waals surface area contributed by atoms with Gasteiger partial charge in [-0.05, 0) is 86.2 Å². The highest BCUT2D eigenvalue weighted by Crippen LogP contribution is 2.30. The smallest absolute Gasteiger partial charge is 0.272 e.